The Morgan fingerprint density at radius 1 is 1.23 bits per heavy atom. The molecule has 1 heterocycles. The molecule has 1 aliphatic heterocycles. The Kier molecular flexibility index (Phi) is 4.96. The van der Waals surface area contributed by atoms with Crippen LogP contribution in [0.15, 0.2) is 18.2 Å². The molecule has 0 spiro atoms. The molecule has 0 fully saturated rings. The normalized spacial score (nSPS) is 14.3. The Bertz CT molecular complexity index is 584. The van der Waals surface area contributed by atoms with Crippen molar-refractivity contribution in [2.24, 2.45) is 0 Å². The van der Waals surface area contributed by atoms with Crippen molar-refractivity contribution >= 4 is 28.9 Å². The van der Waals surface area contributed by atoms with Gasteiger partial charge >= 0.3 is 6.29 Å². The van der Waals surface area contributed by atoms with Crippen molar-refractivity contribution in [2.75, 3.05) is 18.4 Å². The molecule has 0 aliphatic carbocycles. The quantitative estimate of drug-likeness (QED) is 0.565. The fraction of sp³-hybridized carbons (Fsp3) is 0.385. The molecule has 0 atom stereocenters. The van der Waals surface area contributed by atoms with Gasteiger partial charge in [0, 0.05) is 31.8 Å². The van der Waals surface area contributed by atoms with Gasteiger partial charge in [0.25, 0.3) is 0 Å². The Morgan fingerprint density at radius 2 is 1.91 bits per heavy atom. The van der Waals surface area contributed by atoms with Gasteiger partial charge in [0.2, 0.25) is 5.91 Å². The minimum Gasteiger partial charge on any atom is -0.395 e. The summed E-state index contributed by atoms with van der Waals surface area (Å²) in [6.45, 7) is 2.56. The van der Waals surface area contributed by atoms with E-state index in [1.165, 1.54) is 19.1 Å². The third-order valence-electron chi connectivity index (χ3n) is 2.67. The van der Waals surface area contributed by atoms with Crippen molar-refractivity contribution in [3.63, 3.8) is 0 Å². The number of amides is 1. The summed E-state index contributed by atoms with van der Waals surface area (Å²) in [6.07, 6.45) is -2.93. The Balaban J connectivity index is 1.77. The van der Waals surface area contributed by atoms with Crippen molar-refractivity contribution < 1.29 is 23.0 Å². The zero-order chi connectivity index (χ0) is 16.2. The Morgan fingerprint density at radius 3 is 2.64 bits per heavy atom. The van der Waals surface area contributed by atoms with E-state index in [0.717, 1.165) is 0 Å². The van der Waals surface area contributed by atoms with Crippen LogP contribution >= 0.6 is 12.2 Å². The van der Waals surface area contributed by atoms with Crippen LogP contribution in [0.4, 0.5) is 14.5 Å². The van der Waals surface area contributed by atoms with Crippen molar-refractivity contribution in [3.8, 4) is 11.5 Å². The second kappa shape index (κ2) is 6.73. The first-order valence-electron chi connectivity index (χ1n) is 6.55. The first kappa shape index (κ1) is 16.2. The number of rotatable bonds is 5. The van der Waals surface area contributed by atoms with Crippen LogP contribution in [0.1, 0.15) is 13.3 Å². The predicted octanol–water partition coefficient (Wildman–Crippen LogP) is 1.82. The number of hydrogen-bond acceptors (Lipinski definition) is 4. The summed E-state index contributed by atoms with van der Waals surface area (Å²) in [4.78, 5) is 10.7. The molecule has 2 rings (SSSR count). The van der Waals surface area contributed by atoms with Crippen LogP contribution in [0, 0.1) is 0 Å². The molecule has 0 unspecified atom stereocenters. The van der Waals surface area contributed by atoms with Gasteiger partial charge in [0.05, 0.1) is 0 Å². The fourth-order valence-electron chi connectivity index (χ4n) is 1.76. The van der Waals surface area contributed by atoms with E-state index in [4.69, 9.17) is 12.2 Å². The molecule has 1 aromatic rings. The third kappa shape index (κ3) is 4.69. The lowest BCUT2D eigenvalue weighted by atomic mass is 10.3. The van der Waals surface area contributed by atoms with E-state index in [2.05, 4.69) is 25.4 Å². The van der Waals surface area contributed by atoms with Crippen LogP contribution in [0.2, 0.25) is 0 Å². The van der Waals surface area contributed by atoms with Crippen molar-refractivity contribution in [1.82, 2.24) is 10.6 Å². The van der Waals surface area contributed by atoms with Gasteiger partial charge in [-0.2, -0.15) is 0 Å². The standard InChI is InChI=1S/C13H15F2N3O3S/c1-8(19)16-5-2-6-17-12(22)18-9-3-4-10-11(7-9)21-13(14,15)20-10/h3-4,7H,2,5-6H2,1H3,(H,16,19)(H2,17,18,22). The number of alkyl halides is 2. The smallest absolute Gasteiger partial charge is 0.395 e. The monoisotopic (exact) mass is 331 g/mol. The second-order valence-corrected chi connectivity index (χ2v) is 4.95. The van der Waals surface area contributed by atoms with E-state index in [0.29, 0.717) is 30.3 Å². The van der Waals surface area contributed by atoms with E-state index in [1.807, 2.05) is 0 Å². The zero-order valence-electron chi connectivity index (χ0n) is 11.7. The number of anilines is 1. The second-order valence-electron chi connectivity index (χ2n) is 4.55. The van der Waals surface area contributed by atoms with Gasteiger partial charge in [-0.3, -0.25) is 4.79 Å². The van der Waals surface area contributed by atoms with E-state index in [9.17, 15) is 13.6 Å². The molecule has 0 saturated carbocycles. The maximum Gasteiger partial charge on any atom is 0.586 e. The zero-order valence-corrected chi connectivity index (χ0v) is 12.6. The summed E-state index contributed by atoms with van der Waals surface area (Å²) < 4.78 is 34.4. The maximum absolute atomic E-state index is 12.9. The summed E-state index contributed by atoms with van der Waals surface area (Å²) in [7, 11) is 0. The molecule has 120 valence electrons. The van der Waals surface area contributed by atoms with Gasteiger partial charge in [-0.15, -0.1) is 8.78 Å². The first-order valence-corrected chi connectivity index (χ1v) is 6.96. The van der Waals surface area contributed by atoms with E-state index < -0.39 is 6.29 Å². The molecule has 9 heteroatoms. The molecule has 1 aliphatic rings. The van der Waals surface area contributed by atoms with Gasteiger partial charge in [-0.05, 0) is 30.8 Å². The van der Waals surface area contributed by atoms with Gasteiger partial charge in [-0.1, -0.05) is 0 Å². The number of thiocarbonyl (C=S) groups is 1. The molecule has 0 radical (unpaired) electrons. The fourth-order valence-corrected chi connectivity index (χ4v) is 1.98. The number of halogens is 2. The summed E-state index contributed by atoms with van der Waals surface area (Å²) in [6, 6.07) is 4.30. The minimum absolute atomic E-state index is 0.0234. The summed E-state index contributed by atoms with van der Waals surface area (Å²) in [5, 5.41) is 8.79. The third-order valence-corrected chi connectivity index (χ3v) is 2.92. The van der Waals surface area contributed by atoms with E-state index in [1.54, 1.807) is 6.07 Å². The predicted molar refractivity (Wildman–Crippen MR) is 80.2 cm³/mol. The van der Waals surface area contributed by atoms with Crippen LogP contribution in [-0.4, -0.2) is 30.4 Å². The maximum atomic E-state index is 12.9. The van der Waals surface area contributed by atoms with E-state index in [-0.39, 0.29) is 17.4 Å². The Hall–Kier alpha value is -2.16. The highest BCUT2D eigenvalue weighted by Crippen LogP contribution is 2.42. The number of nitrogens with one attached hydrogen (secondary N) is 3. The first-order chi connectivity index (χ1) is 10.4. The highest BCUT2D eigenvalue weighted by atomic mass is 32.1. The van der Waals surface area contributed by atoms with Crippen LogP contribution in [0.25, 0.3) is 0 Å². The van der Waals surface area contributed by atoms with Crippen molar-refractivity contribution in [3.05, 3.63) is 18.2 Å². The average molecular weight is 331 g/mol. The van der Waals surface area contributed by atoms with Gasteiger partial charge < -0.3 is 25.4 Å². The highest BCUT2D eigenvalue weighted by molar-refractivity contribution is 7.80. The number of carbonyl (C=O) groups excluding carboxylic acids is 1. The molecule has 0 saturated heterocycles. The molecule has 0 aromatic heterocycles. The SMILES string of the molecule is CC(=O)NCCCNC(=S)Nc1ccc2c(c1)OC(F)(F)O2. The molecule has 0 bridgehead atoms. The van der Waals surface area contributed by atoms with E-state index >= 15 is 0 Å². The largest absolute Gasteiger partial charge is 0.586 e. The summed E-state index contributed by atoms with van der Waals surface area (Å²) in [5.41, 5.74) is 0.499. The van der Waals surface area contributed by atoms with Gasteiger partial charge in [0.15, 0.2) is 16.6 Å². The number of benzene rings is 1. The van der Waals surface area contributed by atoms with Crippen LogP contribution in [0.3, 0.4) is 0 Å². The lowest BCUT2D eigenvalue weighted by Crippen LogP contribution is -2.31. The van der Waals surface area contributed by atoms with Gasteiger partial charge in [0.1, 0.15) is 0 Å². The number of ether oxygens (including phenoxy) is 2. The topological polar surface area (TPSA) is 71.6 Å². The van der Waals surface area contributed by atoms with Crippen LogP contribution in [0.5, 0.6) is 11.5 Å². The number of fused-ring (bicyclic) bond motifs is 1. The molecular weight excluding hydrogens is 316 g/mol. The lowest BCUT2D eigenvalue weighted by Gasteiger charge is -2.11. The minimum atomic E-state index is -3.64. The number of hydrogen-bond donors (Lipinski definition) is 3. The molecule has 1 aromatic carbocycles. The molecule has 22 heavy (non-hydrogen) atoms. The van der Waals surface area contributed by atoms with Crippen LogP contribution in [-0.2, 0) is 4.79 Å². The molecule has 6 nitrogen and oxygen atoms in total. The summed E-state index contributed by atoms with van der Waals surface area (Å²) in [5.74, 6) is -0.161. The molecular formula is C13H15F2N3O3S. The number of carbonyl (C=O) groups is 1. The highest BCUT2D eigenvalue weighted by Gasteiger charge is 2.43. The lowest BCUT2D eigenvalue weighted by molar-refractivity contribution is -0.286. The van der Waals surface area contributed by atoms with Crippen LogP contribution < -0.4 is 25.4 Å². The molecule has 3 N–H and O–H groups in total. The Labute approximate surface area is 131 Å². The van der Waals surface area contributed by atoms with Crippen molar-refractivity contribution in [2.45, 2.75) is 19.6 Å². The average Bonchev–Trinajstić information content (AvgIpc) is 2.71. The molecule has 1 amide bonds. The van der Waals surface area contributed by atoms with Crippen molar-refractivity contribution in [1.29, 1.82) is 0 Å². The summed E-state index contributed by atoms with van der Waals surface area (Å²) >= 11 is 5.08. The van der Waals surface area contributed by atoms with Gasteiger partial charge in [-0.25, -0.2) is 0 Å².